The van der Waals surface area contributed by atoms with Crippen LogP contribution in [-0.2, 0) is 0 Å². The molecule has 8 nitrogen and oxygen atoms in total. The van der Waals surface area contributed by atoms with E-state index >= 15 is 0 Å². The minimum absolute atomic E-state index is 0.140. The van der Waals surface area contributed by atoms with E-state index in [-0.39, 0.29) is 6.04 Å². The van der Waals surface area contributed by atoms with E-state index in [1.165, 1.54) is 0 Å². The number of nitrogens with one attached hydrogen (secondary N) is 2. The van der Waals surface area contributed by atoms with Crippen LogP contribution in [0.25, 0.3) is 22.3 Å². The normalized spacial score (nSPS) is 22.6. The molecule has 0 saturated heterocycles. The lowest BCUT2D eigenvalue weighted by atomic mass is 9.94. The Balaban J connectivity index is 1.41. The minimum Gasteiger partial charge on any atom is -0.398 e. The van der Waals surface area contributed by atoms with Crippen LogP contribution < -0.4 is 38.9 Å². The quantitative estimate of drug-likeness (QED) is 0.132. The van der Waals surface area contributed by atoms with Crippen molar-refractivity contribution in [3.05, 3.63) is 190 Å². The molecule has 5 heterocycles. The zero-order chi connectivity index (χ0) is 35.3. The number of anilines is 4. The first kappa shape index (κ1) is 31.0. The number of benzene rings is 4. The van der Waals surface area contributed by atoms with Crippen LogP contribution in [0.3, 0.4) is 0 Å². The van der Waals surface area contributed by atoms with E-state index in [4.69, 9.17) is 32.9 Å². The number of aromatic amines is 1. The van der Waals surface area contributed by atoms with Crippen LogP contribution in [0.5, 0.6) is 0 Å². The van der Waals surface area contributed by atoms with Gasteiger partial charge in [0, 0.05) is 83.7 Å². The molecule has 4 aliphatic rings. The van der Waals surface area contributed by atoms with E-state index in [1.54, 1.807) is 0 Å². The molecule has 4 aliphatic heterocycles. The molecule has 8 bridgehead atoms. The first-order chi connectivity index (χ1) is 25.4. The van der Waals surface area contributed by atoms with Crippen molar-refractivity contribution in [1.82, 2.24) is 10.3 Å². The lowest BCUT2D eigenvalue weighted by Crippen LogP contribution is -2.26. The molecule has 8 heteroatoms. The molecule has 1 aromatic heterocycles. The summed E-state index contributed by atoms with van der Waals surface area (Å²) in [5.41, 5.74) is 40.7. The van der Waals surface area contributed by atoms with Crippen LogP contribution in [0.4, 0.5) is 22.7 Å². The van der Waals surface area contributed by atoms with Gasteiger partial charge in [0.2, 0.25) is 0 Å². The van der Waals surface area contributed by atoms with E-state index < -0.39 is 0 Å². The number of para-hydroxylation sites is 4. The van der Waals surface area contributed by atoms with Gasteiger partial charge in [0.1, 0.15) is 0 Å². The third kappa shape index (κ3) is 5.16. The molecule has 0 amide bonds. The lowest BCUT2D eigenvalue weighted by Gasteiger charge is -2.22. The summed E-state index contributed by atoms with van der Waals surface area (Å²) in [5.74, 6) is 0. The molecule has 5 aromatic rings. The Morgan fingerprint density at radius 2 is 0.923 bits per heavy atom. The van der Waals surface area contributed by atoms with Gasteiger partial charge in [-0.3, -0.25) is 0 Å². The highest BCUT2D eigenvalue weighted by Crippen LogP contribution is 2.40. The van der Waals surface area contributed by atoms with Crippen LogP contribution in [0.1, 0.15) is 28.7 Å². The number of H-pyrrole nitrogens is 1. The summed E-state index contributed by atoms with van der Waals surface area (Å²) in [6.45, 7) is 0. The second-order valence-corrected chi connectivity index (χ2v) is 13.2. The molecule has 9 rings (SSSR count). The van der Waals surface area contributed by atoms with Gasteiger partial charge in [0.25, 0.3) is 0 Å². The molecule has 0 saturated carbocycles. The smallest absolute Gasteiger partial charge is 0.0738 e. The van der Waals surface area contributed by atoms with Gasteiger partial charge in [-0.1, -0.05) is 78.9 Å². The molecular weight excluding hydrogens is 641 g/mol. The SMILES string of the molecule is Nc1ccccc1/C1=C2\C=CC(=N2)/C(c2ccccc2N)=c2/cc/c([nH]2)=C(\c2ccccc2N)C2=N/C(=C(/c3ccccc3N)C3CC=C1N3)C=C2. The predicted molar refractivity (Wildman–Crippen MR) is 215 cm³/mol. The Bertz CT molecular complexity index is 2680. The number of hydrogen-bond donors (Lipinski definition) is 6. The fraction of sp³-hybridized carbons (Fsp3) is 0.0455. The molecular formula is C44H36N8. The van der Waals surface area contributed by atoms with E-state index in [9.17, 15) is 0 Å². The Hall–Kier alpha value is -7.06. The first-order valence-corrected chi connectivity index (χ1v) is 17.3. The van der Waals surface area contributed by atoms with Crippen LogP contribution >= 0.6 is 0 Å². The maximum Gasteiger partial charge on any atom is 0.0738 e. The number of nitrogens with zero attached hydrogens (tertiary/aromatic N) is 2. The number of rotatable bonds is 4. The fourth-order valence-corrected chi connectivity index (χ4v) is 7.57. The van der Waals surface area contributed by atoms with Gasteiger partial charge >= 0.3 is 0 Å². The van der Waals surface area contributed by atoms with Gasteiger partial charge < -0.3 is 33.2 Å². The monoisotopic (exact) mass is 676 g/mol. The number of fused-ring (bicyclic) bond motifs is 6. The number of aliphatic imine (C=N–C) groups is 2. The second kappa shape index (κ2) is 12.4. The van der Waals surface area contributed by atoms with E-state index in [1.807, 2.05) is 91.0 Å². The number of nitrogens with two attached hydrogens (primary N) is 4. The van der Waals surface area contributed by atoms with Crippen LogP contribution in [-0.4, -0.2) is 22.4 Å². The molecule has 52 heavy (non-hydrogen) atoms. The highest BCUT2D eigenvalue weighted by atomic mass is 15.0. The Morgan fingerprint density at radius 1 is 0.481 bits per heavy atom. The van der Waals surface area contributed by atoms with Crippen LogP contribution in [0, 0.1) is 0 Å². The second-order valence-electron chi connectivity index (χ2n) is 13.2. The van der Waals surface area contributed by atoms with Crippen molar-refractivity contribution in [2.45, 2.75) is 12.5 Å². The molecule has 1 unspecified atom stereocenters. The average molecular weight is 677 g/mol. The molecule has 10 N–H and O–H groups in total. The molecule has 4 aromatic carbocycles. The summed E-state index contributed by atoms with van der Waals surface area (Å²) in [4.78, 5) is 14.4. The third-order valence-corrected chi connectivity index (χ3v) is 10.00. The topological polar surface area (TPSA) is 157 Å². The van der Waals surface area contributed by atoms with Gasteiger partial charge in [0.05, 0.1) is 28.9 Å². The maximum atomic E-state index is 6.70. The van der Waals surface area contributed by atoms with Gasteiger partial charge in [-0.05, 0) is 67.1 Å². The zero-order valence-corrected chi connectivity index (χ0v) is 28.3. The van der Waals surface area contributed by atoms with Crippen LogP contribution in [0.2, 0.25) is 0 Å². The number of allylic oxidation sites excluding steroid dienone is 5. The van der Waals surface area contributed by atoms with Crippen molar-refractivity contribution in [1.29, 1.82) is 0 Å². The lowest BCUT2D eigenvalue weighted by molar-refractivity contribution is 0.759. The summed E-state index contributed by atoms with van der Waals surface area (Å²) < 4.78 is 0. The summed E-state index contributed by atoms with van der Waals surface area (Å²) in [6.07, 6.45) is 11.2. The maximum absolute atomic E-state index is 6.70. The Morgan fingerprint density at radius 3 is 1.44 bits per heavy atom. The molecule has 0 spiro atoms. The van der Waals surface area contributed by atoms with Gasteiger partial charge in [-0.15, -0.1) is 0 Å². The average Bonchev–Trinajstić information content (AvgIpc) is 3.99. The van der Waals surface area contributed by atoms with Crippen LogP contribution in [0.15, 0.2) is 167 Å². The zero-order valence-electron chi connectivity index (χ0n) is 28.3. The summed E-state index contributed by atoms with van der Waals surface area (Å²) in [5, 5.41) is 5.57. The summed E-state index contributed by atoms with van der Waals surface area (Å²) in [7, 11) is 0. The van der Waals surface area contributed by atoms with Crippen molar-refractivity contribution >= 4 is 56.5 Å². The van der Waals surface area contributed by atoms with E-state index in [2.05, 4.69) is 58.9 Å². The van der Waals surface area contributed by atoms with Gasteiger partial charge in [-0.25, -0.2) is 9.98 Å². The summed E-state index contributed by atoms with van der Waals surface area (Å²) in [6, 6.07) is 35.6. The highest BCUT2D eigenvalue weighted by molar-refractivity contribution is 6.32. The predicted octanol–water partition coefficient (Wildman–Crippen LogP) is 5.85. The first-order valence-electron chi connectivity index (χ1n) is 17.3. The minimum atomic E-state index is -0.140. The van der Waals surface area contributed by atoms with E-state index in [0.29, 0.717) is 29.2 Å². The fourth-order valence-electron chi connectivity index (χ4n) is 7.57. The van der Waals surface area contributed by atoms with Gasteiger partial charge in [0.15, 0.2) is 0 Å². The van der Waals surface area contributed by atoms with Gasteiger partial charge in [-0.2, -0.15) is 0 Å². The number of hydrogen-bond acceptors (Lipinski definition) is 7. The van der Waals surface area contributed by atoms with Crippen molar-refractivity contribution in [2.24, 2.45) is 9.98 Å². The number of nitrogen functional groups attached to an aromatic ring is 4. The standard InChI is InChI=1S/C44H36N8/c45-29-13-5-1-9-25(29)41-33-17-19-35(49-33)42(26-10-2-6-14-30(26)46)37-21-23-39(51-37)44(28-12-4-8-16-32(28)48)40-24-22-38(52-40)43(36-20-18-34(41)50-36)27-11-3-7-15-31(27)47/h1-23,40,49,52H,24,45-48H2/b41-33-,42-35-,43-36-,44-39-. The largest absolute Gasteiger partial charge is 0.398 e. The molecule has 0 radical (unpaired) electrons. The summed E-state index contributed by atoms with van der Waals surface area (Å²) >= 11 is 0. The molecule has 252 valence electrons. The molecule has 0 fully saturated rings. The van der Waals surface area contributed by atoms with Crippen molar-refractivity contribution in [2.75, 3.05) is 22.9 Å². The van der Waals surface area contributed by atoms with Crippen molar-refractivity contribution in [3.8, 4) is 0 Å². The van der Waals surface area contributed by atoms with Crippen molar-refractivity contribution < 1.29 is 0 Å². The number of aromatic nitrogens is 1. The molecule has 1 atom stereocenters. The Kier molecular flexibility index (Phi) is 7.36. The molecule has 0 aliphatic carbocycles. The highest BCUT2D eigenvalue weighted by Gasteiger charge is 2.31. The third-order valence-electron chi connectivity index (χ3n) is 10.00. The Labute approximate surface area is 301 Å². The van der Waals surface area contributed by atoms with E-state index in [0.717, 1.165) is 83.8 Å². The van der Waals surface area contributed by atoms with Crippen molar-refractivity contribution in [3.63, 3.8) is 0 Å².